The van der Waals surface area contributed by atoms with Crippen molar-refractivity contribution in [1.29, 1.82) is 0 Å². The fourth-order valence-corrected chi connectivity index (χ4v) is 11.6. The van der Waals surface area contributed by atoms with Gasteiger partial charge in [-0.2, -0.15) is 0 Å². The number of ether oxygens (including phenoxy) is 2. The number of ketones is 1. The molecule has 3 N–H and O–H groups in total. The van der Waals surface area contributed by atoms with Crippen LogP contribution in [0.5, 0.6) is 0 Å². The van der Waals surface area contributed by atoms with Crippen molar-refractivity contribution < 1.29 is 39.2 Å². The first kappa shape index (κ1) is 36.8. The van der Waals surface area contributed by atoms with Crippen LogP contribution in [-0.4, -0.2) is 63.1 Å². The lowest BCUT2D eigenvalue weighted by molar-refractivity contribution is -0.187. The van der Waals surface area contributed by atoms with E-state index >= 15 is 0 Å². The molecule has 6 aliphatic carbocycles. The molecule has 4 saturated carbocycles. The molecule has 0 unspecified atom stereocenters. The summed E-state index contributed by atoms with van der Waals surface area (Å²) in [5.41, 5.74) is -4.56. The zero-order valence-electron chi connectivity index (χ0n) is 30.8. The highest BCUT2D eigenvalue weighted by atomic mass is 16.6. The highest BCUT2D eigenvalue weighted by molar-refractivity contribution is 6.04. The Morgan fingerprint density at radius 2 is 1.77 bits per heavy atom. The van der Waals surface area contributed by atoms with Crippen molar-refractivity contribution in [3.05, 3.63) is 96.7 Å². The van der Waals surface area contributed by atoms with Crippen molar-refractivity contribution in [2.45, 2.75) is 76.6 Å². The largest absolute Gasteiger partial charge is 0.465 e. The average molecular weight is 711 g/mol. The van der Waals surface area contributed by atoms with E-state index in [1.165, 1.54) is 0 Å². The SMILES string of the molecule is C=C/C=C\[C@@H]1[C@H]2/C=C/CC(=O)O[C@@]34C[C@@H](C)[C@@]5(O)[C@@H](C=C(CO)C[C@]6(O)C(=O)C(C)=C[C@@H]56)[C@@H]3[C@@]4(C)COC(=O)[C@H]2[C@@H]2[C@@H](/C=C/C=C/C=C/CCC)[C@H]12. The Labute approximate surface area is 307 Å². The van der Waals surface area contributed by atoms with Crippen LogP contribution >= 0.6 is 0 Å². The predicted octanol–water partition coefficient (Wildman–Crippen LogP) is 5.93. The lowest BCUT2D eigenvalue weighted by atomic mass is 9.60. The first-order valence-electron chi connectivity index (χ1n) is 19.2. The third-order valence-corrected chi connectivity index (χ3v) is 14.0. The molecule has 278 valence electrons. The molecular weight excluding hydrogens is 656 g/mol. The summed E-state index contributed by atoms with van der Waals surface area (Å²) in [5, 5.41) is 35.1. The van der Waals surface area contributed by atoms with Crippen molar-refractivity contribution in [3.8, 4) is 0 Å². The standard InChI is InChI=1S/C44H54O8/c1-6-8-10-11-12-13-14-17-31-35-29(16-9-7-2)30-18-15-19-34(46)52-43-22-27(4)44(50)32(38(43)41(43,5)25-51-40(48)37(30)36(31)35)21-28(24-45)23-42(49)33(44)20-26(3)39(42)47/h7,9-18,20-21,27,29-33,35-38,45,49-50H,2,6,8,19,22-25H2,1,3-5H3/b11-10+,13-12+,16-9-,17-14+,18-15+/t27-,29-,30-,31+,32+,33-,35+,36-,37-,38-,41-,42-,43+,44-/m1/s1. The summed E-state index contributed by atoms with van der Waals surface area (Å²) in [7, 11) is 0. The molecule has 0 radical (unpaired) electrons. The molecule has 0 bridgehead atoms. The highest BCUT2D eigenvalue weighted by Gasteiger charge is 2.85. The van der Waals surface area contributed by atoms with Crippen LogP contribution in [0.2, 0.25) is 0 Å². The van der Waals surface area contributed by atoms with Gasteiger partial charge in [-0.15, -0.1) is 0 Å². The van der Waals surface area contributed by atoms with E-state index in [2.05, 4.69) is 43.9 Å². The van der Waals surface area contributed by atoms with Crippen LogP contribution in [0.25, 0.3) is 0 Å². The maximum atomic E-state index is 14.4. The molecule has 0 amide bonds. The molecule has 4 fully saturated rings. The van der Waals surface area contributed by atoms with Gasteiger partial charge in [-0.3, -0.25) is 14.4 Å². The van der Waals surface area contributed by atoms with Gasteiger partial charge in [-0.25, -0.2) is 0 Å². The van der Waals surface area contributed by atoms with E-state index < -0.39 is 70.2 Å². The zero-order valence-corrected chi connectivity index (χ0v) is 30.8. The zero-order chi connectivity index (χ0) is 37.2. The van der Waals surface area contributed by atoms with Gasteiger partial charge in [0.15, 0.2) is 5.78 Å². The van der Waals surface area contributed by atoms with Crippen molar-refractivity contribution >= 4 is 17.7 Å². The summed E-state index contributed by atoms with van der Waals surface area (Å²) in [4.78, 5) is 41.4. The Morgan fingerprint density at radius 1 is 1.02 bits per heavy atom. The second-order valence-corrected chi connectivity index (χ2v) is 16.8. The second kappa shape index (κ2) is 13.4. The number of Topliss-reactive ketones (excluding diaryl/α,β-unsaturated/α-hetero) is 1. The number of aliphatic hydroxyl groups excluding tert-OH is 1. The Hall–Kier alpha value is -3.59. The van der Waals surface area contributed by atoms with Crippen LogP contribution in [0.4, 0.5) is 0 Å². The van der Waals surface area contributed by atoms with Gasteiger partial charge in [0, 0.05) is 29.6 Å². The van der Waals surface area contributed by atoms with Crippen LogP contribution in [0.3, 0.4) is 0 Å². The first-order valence-corrected chi connectivity index (χ1v) is 19.2. The smallest absolute Gasteiger partial charge is 0.310 e. The lowest BCUT2D eigenvalue weighted by Crippen LogP contribution is -2.61. The van der Waals surface area contributed by atoms with E-state index in [-0.39, 0.29) is 61.4 Å². The molecule has 0 aromatic rings. The molecule has 0 saturated heterocycles. The van der Waals surface area contributed by atoms with Gasteiger partial charge in [-0.05, 0) is 66.4 Å². The van der Waals surface area contributed by atoms with Crippen molar-refractivity contribution in [1.82, 2.24) is 0 Å². The van der Waals surface area contributed by atoms with E-state index in [4.69, 9.17) is 9.47 Å². The number of fused-ring (bicyclic) bond motifs is 8. The fraction of sp³-hybridized carbons (Fsp3) is 0.568. The molecule has 1 spiro atoms. The maximum absolute atomic E-state index is 14.4. The maximum Gasteiger partial charge on any atom is 0.310 e. The fourth-order valence-electron chi connectivity index (χ4n) is 11.6. The van der Waals surface area contributed by atoms with Gasteiger partial charge in [0.2, 0.25) is 0 Å². The minimum atomic E-state index is -1.89. The molecule has 8 heteroatoms. The minimum Gasteiger partial charge on any atom is -0.465 e. The number of esters is 2. The van der Waals surface area contributed by atoms with Crippen LogP contribution < -0.4 is 0 Å². The van der Waals surface area contributed by atoms with Gasteiger partial charge in [-0.1, -0.05) is 113 Å². The molecule has 1 aliphatic heterocycles. The van der Waals surface area contributed by atoms with Crippen LogP contribution in [0.15, 0.2) is 96.7 Å². The predicted molar refractivity (Wildman–Crippen MR) is 197 cm³/mol. The first-order chi connectivity index (χ1) is 24.8. The van der Waals surface area contributed by atoms with Crippen LogP contribution in [0.1, 0.15) is 59.8 Å². The van der Waals surface area contributed by atoms with E-state index in [1.54, 1.807) is 25.2 Å². The number of hydrogen-bond acceptors (Lipinski definition) is 8. The number of hydrogen-bond donors (Lipinski definition) is 3. The quantitative estimate of drug-likeness (QED) is 0.161. The van der Waals surface area contributed by atoms with Crippen molar-refractivity contribution in [2.75, 3.05) is 13.2 Å². The average Bonchev–Trinajstić information content (AvgIpc) is 3.86. The number of carbonyl (C=O) groups is 3. The molecule has 1 heterocycles. The van der Waals surface area contributed by atoms with E-state index in [0.717, 1.165) is 12.8 Å². The molecule has 52 heavy (non-hydrogen) atoms. The van der Waals surface area contributed by atoms with E-state index in [1.807, 2.05) is 44.2 Å². The lowest BCUT2D eigenvalue weighted by Gasteiger charge is -2.50. The van der Waals surface area contributed by atoms with E-state index in [9.17, 15) is 29.7 Å². The number of cyclic esters (lactones) is 1. The third-order valence-electron chi connectivity index (χ3n) is 14.0. The number of rotatable bonds is 8. The van der Waals surface area contributed by atoms with Crippen LogP contribution in [-0.2, 0) is 23.9 Å². The molecule has 8 nitrogen and oxygen atoms in total. The van der Waals surface area contributed by atoms with Crippen molar-refractivity contribution in [2.24, 2.45) is 64.6 Å². The molecule has 7 aliphatic rings. The van der Waals surface area contributed by atoms with Gasteiger partial charge in [0.1, 0.15) is 17.8 Å². The Bertz CT molecular complexity index is 1730. The second-order valence-electron chi connectivity index (χ2n) is 16.8. The molecule has 0 aromatic heterocycles. The normalized spacial score (nSPS) is 47.2. The summed E-state index contributed by atoms with van der Waals surface area (Å²) < 4.78 is 12.8. The monoisotopic (exact) mass is 710 g/mol. The van der Waals surface area contributed by atoms with Gasteiger partial charge in [0.25, 0.3) is 0 Å². The number of aliphatic hydroxyl groups is 3. The Balaban J connectivity index is 1.21. The summed E-state index contributed by atoms with van der Waals surface area (Å²) in [6.45, 7) is 11.1. The Morgan fingerprint density at radius 3 is 2.50 bits per heavy atom. The van der Waals surface area contributed by atoms with Gasteiger partial charge >= 0.3 is 11.9 Å². The highest BCUT2D eigenvalue weighted by Crippen LogP contribution is 2.77. The van der Waals surface area contributed by atoms with Gasteiger partial charge in [0.05, 0.1) is 24.5 Å². The van der Waals surface area contributed by atoms with Crippen LogP contribution in [0, 0.1) is 64.6 Å². The summed E-state index contributed by atoms with van der Waals surface area (Å²) in [6, 6.07) is 0. The van der Waals surface area contributed by atoms with E-state index in [0.29, 0.717) is 11.1 Å². The van der Waals surface area contributed by atoms with Gasteiger partial charge < -0.3 is 24.8 Å². The summed E-state index contributed by atoms with van der Waals surface area (Å²) >= 11 is 0. The molecular formula is C44H54O8. The molecule has 0 aromatic carbocycles. The molecule has 14 atom stereocenters. The summed E-state index contributed by atoms with van der Waals surface area (Å²) in [5.74, 6) is -3.66. The van der Waals surface area contributed by atoms with Crippen molar-refractivity contribution in [3.63, 3.8) is 0 Å². The molecule has 7 rings (SSSR count). The number of allylic oxidation sites excluding steroid dienone is 10. The number of carbonyl (C=O) groups excluding carboxylic acids is 3. The third kappa shape index (κ3) is 5.38. The summed E-state index contributed by atoms with van der Waals surface area (Å²) in [6.07, 6.45) is 28.0. The number of unbranched alkanes of at least 4 members (excludes halogenated alkanes) is 1. The minimum absolute atomic E-state index is 0.0149. The topological polar surface area (TPSA) is 130 Å². The Kier molecular flexibility index (Phi) is 9.45.